The zero-order valence-electron chi connectivity index (χ0n) is 23.3. The van der Waals surface area contributed by atoms with E-state index in [0.29, 0.717) is 5.92 Å². The Hall–Kier alpha value is -2.93. The Morgan fingerprint density at radius 3 is 2.18 bits per heavy atom. The van der Waals surface area contributed by atoms with E-state index < -0.39 is 0 Å². The molecule has 1 nitrogen and oxygen atoms in total. The Morgan fingerprint density at radius 2 is 1.39 bits per heavy atom. The van der Waals surface area contributed by atoms with Crippen molar-refractivity contribution in [3.8, 4) is 22.4 Å². The predicted molar refractivity (Wildman–Crippen MR) is 159 cm³/mol. The highest BCUT2D eigenvalue weighted by Crippen LogP contribution is 2.50. The standard InChI is InChI=1S/C37H42N/c1-25-9-6-7-14-34(25)37-23-35(36(24-38(37)2)26-10-4-3-5-11-26)32-18-17-29-19-31(16-15-30(29)20-32)33-21-27-12-8-13-28(27)22-33/h6-7,9,14-20,23-24,26-28,33H,3-5,8,10-13,21-22H2,1-2H3/q+1. The van der Waals surface area contributed by atoms with Crippen molar-refractivity contribution in [3.63, 3.8) is 0 Å². The molecule has 38 heavy (non-hydrogen) atoms. The van der Waals surface area contributed by atoms with E-state index in [1.165, 1.54) is 108 Å². The lowest BCUT2D eigenvalue weighted by molar-refractivity contribution is -0.660. The van der Waals surface area contributed by atoms with E-state index in [9.17, 15) is 0 Å². The summed E-state index contributed by atoms with van der Waals surface area (Å²) in [6, 6.07) is 25.9. The molecule has 1 heteroatoms. The molecule has 3 saturated carbocycles. The fraction of sp³-hybridized carbons (Fsp3) is 0.432. The zero-order chi connectivity index (χ0) is 25.6. The lowest BCUT2D eigenvalue weighted by Crippen LogP contribution is -2.32. The monoisotopic (exact) mass is 500 g/mol. The molecule has 0 spiro atoms. The van der Waals surface area contributed by atoms with Gasteiger partial charge in [0.25, 0.3) is 0 Å². The topological polar surface area (TPSA) is 3.88 Å². The molecular formula is C37H42N+. The van der Waals surface area contributed by atoms with E-state index >= 15 is 0 Å². The summed E-state index contributed by atoms with van der Waals surface area (Å²) in [5.74, 6) is 3.44. The molecule has 2 atom stereocenters. The van der Waals surface area contributed by atoms with Gasteiger partial charge in [0.15, 0.2) is 6.20 Å². The zero-order valence-corrected chi connectivity index (χ0v) is 23.3. The minimum atomic E-state index is 0.663. The van der Waals surface area contributed by atoms with Crippen LogP contribution in [0.25, 0.3) is 33.2 Å². The molecule has 0 amide bonds. The number of aromatic nitrogens is 1. The first kappa shape index (κ1) is 24.1. The summed E-state index contributed by atoms with van der Waals surface area (Å²) in [6.45, 7) is 2.23. The Bertz CT molecular complexity index is 1460. The third kappa shape index (κ3) is 4.39. The van der Waals surface area contributed by atoms with Crippen LogP contribution < -0.4 is 4.57 Å². The minimum absolute atomic E-state index is 0.663. The van der Waals surface area contributed by atoms with Gasteiger partial charge in [-0.05, 0) is 101 Å². The largest absolute Gasteiger partial charge is 0.213 e. The van der Waals surface area contributed by atoms with Crippen molar-refractivity contribution >= 4 is 10.8 Å². The molecule has 2 unspecified atom stereocenters. The van der Waals surface area contributed by atoms with Crippen molar-refractivity contribution in [3.05, 3.63) is 89.6 Å². The number of rotatable bonds is 4. The SMILES string of the molecule is Cc1ccccc1-c1cc(-c2ccc3cc(C4CC5CCCC5C4)ccc3c2)c(C2CCCCC2)c[n+]1C. The summed E-state index contributed by atoms with van der Waals surface area (Å²) in [6.07, 6.45) is 16.4. The van der Waals surface area contributed by atoms with Crippen LogP contribution in [0.1, 0.15) is 92.7 Å². The lowest BCUT2D eigenvalue weighted by Gasteiger charge is -2.24. The number of hydrogen-bond donors (Lipinski definition) is 0. The average Bonchev–Trinajstić information content (AvgIpc) is 3.56. The van der Waals surface area contributed by atoms with Gasteiger partial charge in [-0.25, -0.2) is 4.57 Å². The van der Waals surface area contributed by atoms with Crippen LogP contribution in [0, 0.1) is 18.8 Å². The smallest absolute Gasteiger partial charge is 0.201 e. The van der Waals surface area contributed by atoms with Crippen molar-refractivity contribution in [1.82, 2.24) is 0 Å². The molecule has 0 bridgehead atoms. The van der Waals surface area contributed by atoms with Crippen LogP contribution in [0.3, 0.4) is 0 Å². The first-order chi connectivity index (χ1) is 18.6. The fourth-order valence-electron chi connectivity index (χ4n) is 8.31. The van der Waals surface area contributed by atoms with Gasteiger partial charge >= 0.3 is 0 Å². The van der Waals surface area contributed by atoms with Crippen LogP contribution in [-0.2, 0) is 7.05 Å². The molecule has 194 valence electrons. The van der Waals surface area contributed by atoms with Gasteiger partial charge in [-0.3, -0.25) is 0 Å². The molecule has 0 radical (unpaired) electrons. The third-order valence-corrected chi connectivity index (χ3v) is 10.4. The highest BCUT2D eigenvalue weighted by atomic mass is 14.9. The number of aryl methyl sites for hydroxylation is 2. The van der Waals surface area contributed by atoms with Gasteiger partial charge in [0, 0.05) is 17.2 Å². The van der Waals surface area contributed by atoms with Crippen molar-refractivity contribution in [2.24, 2.45) is 18.9 Å². The van der Waals surface area contributed by atoms with Crippen LogP contribution in [0.4, 0.5) is 0 Å². The summed E-state index contributed by atoms with van der Waals surface area (Å²) < 4.78 is 2.38. The van der Waals surface area contributed by atoms with E-state index in [4.69, 9.17) is 0 Å². The summed E-state index contributed by atoms with van der Waals surface area (Å²) in [5, 5.41) is 2.79. The maximum Gasteiger partial charge on any atom is 0.213 e. The normalized spacial score (nSPS) is 23.7. The first-order valence-electron chi connectivity index (χ1n) is 15.3. The summed E-state index contributed by atoms with van der Waals surface area (Å²) in [7, 11) is 2.23. The molecule has 0 aliphatic heterocycles. The Labute approximate surface area is 228 Å². The van der Waals surface area contributed by atoms with Crippen molar-refractivity contribution in [2.75, 3.05) is 0 Å². The summed E-state index contributed by atoms with van der Waals surface area (Å²) in [4.78, 5) is 0. The Balaban J connectivity index is 1.29. The highest BCUT2D eigenvalue weighted by molar-refractivity contribution is 5.89. The van der Waals surface area contributed by atoms with E-state index in [1.807, 2.05) is 0 Å². The molecule has 1 aromatic heterocycles. The molecule has 1 heterocycles. The number of hydrogen-bond acceptors (Lipinski definition) is 0. The molecule has 3 aliphatic carbocycles. The summed E-state index contributed by atoms with van der Waals surface area (Å²) in [5.41, 5.74) is 9.90. The number of fused-ring (bicyclic) bond motifs is 2. The van der Waals surface area contributed by atoms with Crippen molar-refractivity contribution < 1.29 is 4.57 Å². The Morgan fingerprint density at radius 1 is 0.658 bits per heavy atom. The van der Waals surface area contributed by atoms with Crippen LogP contribution >= 0.6 is 0 Å². The molecule has 3 aromatic carbocycles. The van der Waals surface area contributed by atoms with Crippen LogP contribution in [0.2, 0.25) is 0 Å². The van der Waals surface area contributed by atoms with Gasteiger partial charge in [-0.15, -0.1) is 0 Å². The molecule has 0 N–H and O–H groups in total. The van der Waals surface area contributed by atoms with E-state index in [0.717, 1.165) is 17.8 Å². The fourth-order valence-corrected chi connectivity index (χ4v) is 8.31. The maximum atomic E-state index is 2.51. The predicted octanol–water partition coefficient (Wildman–Crippen LogP) is 9.65. The maximum absolute atomic E-state index is 2.51. The Kier molecular flexibility index (Phi) is 6.35. The third-order valence-electron chi connectivity index (χ3n) is 10.4. The highest BCUT2D eigenvalue weighted by Gasteiger charge is 2.37. The first-order valence-corrected chi connectivity index (χ1v) is 15.3. The minimum Gasteiger partial charge on any atom is -0.201 e. The summed E-state index contributed by atoms with van der Waals surface area (Å²) >= 11 is 0. The quantitative estimate of drug-likeness (QED) is 0.246. The molecule has 7 rings (SSSR count). The van der Waals surface area contributed by atoms with Crippen molar-refractivity contribution in [2.45, 2.75) is 83.0 Å². The van der Waals surface area contributed by atoms with Gasteiger partial charge in [-0.2, -0.15) is 0 Å². The average molecular weight is 501 g/mol. The second-order valence-corrected chi connectivity index (χ2v) is 12.7. The van der Waals surface area contributed by atoms with Gasteiger partial charge < -0.3 is 0 Å². The number of benzene rings is 3. The van der Waals surface area contributed by atoms with E-state index in [1.54, 1.807) is 5.56 Å². The van der Waals surface area contributed by atoms with Gasteiger partial charge in [0.2, 0.25) is 5.69 Å². The van der Waals surface area contributed by atoms with E-state index in [-0.39, 0.29) is 0 Å². The molecule has 0 saturated heterocycles. The van der Waals surface area contributed by atoms with Gasteiger partial charge in [0.05, 0.1) is 0 Å². The molecule has 3 aliphatic rings. The molecule has 4 aromatic rings. The van der Waals surface area contributed by atoms with Gasteiger partial charge in [0.1, 0.15) is 7.05 Å². The van der Waals surface area contributed by atoms with Crippen LogP contribution in [0.5, 0.6) is 0 Å². The number of pyridine rings is 1. The molecular weight excluding hydrogens is 458 g/mol. The molecule has 3 fully saturated rings. The van der Waals surface area contributed by atoms with Gasteiger partial charge in [-0.1, -0.05) is 87.1 Å². The van der Waals surface area contributed by atoms with E-state index in [2.05, 4.69) is 91.5 Å². The lowest BCUT2D eigenvalue weighted by atomic mass is 9.81. The number of nitrogens with zero attached hydrogens (tertiary/aromatic N) is 1. The second kappa shape index (κ2) is 9.99. The second-order valence-electron chi connectivity index (χ2n) is 12.7. The van der Waals surface area contributed by atoms with Crippen LogP contribution in [-0.4, -0.2) is 0 Å². The van der Waals surface area contributed by atoms with Crippen LogP contribution in [0.15, 0.2) is 72.9 Å². The van der Waals surface area contributed by atoms with Crippen molar-refractivity contribution in [1.29, 1.82) is 0 Å².